The number of aryl methyl sites for hydroxylation is 2. The highest BCUT2D eigenvalue weighted by molar-refractivity contribution is 7.92. The molecule has 0 aromatic heterocycles. The molecule has 0 aliphatic rings. The lowest BCUT2D eigenvalue weighted by Gasteiger charge is -2.26. The Bertz CT molecular complexity index is 1260. The van der Waals surface area contributed by atoms with E-state index in [2.05, 4.69) is 5.32 Å². The third kappa shape index (κ3) is 6.90. The minimum atomic E-state index is -4.04. The molecule has 0 unspecified atom stereocenters. The van der Waals surface area contributed by atoms with Crippen LogP contribution >= 0.6 is 11.6 Å². The van der Waals surface area contributed by atoms with E-state index in [0.29, 0.717) is 23.1 Å². The molecule has 1 N–H and O–H groups in total. The smallest absolute Gasteiger partial charge is 0.264 e. The minimum Gasteiger partial charge on any atom is -0.492 e. The van der Waals surface area contributed by atoms with Gasteiger partial charge < -0.3 is 14.8 Å². The highest BCUT2D eigenvalue weighted by atomic mass is 35.5. The van der Waals surface area contributed by atoms with Crippen LogP contribution in [0.15, 0.2) is 71.6 Å². The van der Waals surface area contributed by atoms with Crippen molar-refractivity contribution in [3.05, 3.63) is 82.9 Å². The van der Waals surface area contributed by atoms with E-state index in [1.165, 1.54) is 12.1 Å². The van der Waals surface area contributed by atoms with Gasteiger partial charge in [-0.3, -0.25) is 9.10 Å². The second-order valence-electron chi connectivity index (χ2n) is 7.83. The first-order chi connectivity index (χ1) is 16.7. The van der Waals surface area contributed by atoms with Gasteiger partial charge in [0.05, 0.1) is 23.7 Å². The molecule has 0 saturated carbocycles. The number of nitrogens with one attached hydrogen (secondary N) is 1. The van der Waals surface area contributed by atoms with Crippen LogP contribution in [0.4, 0.5) is 5.69 Å². The summed E-state index contributed by atoms with van der Waals surface area (Å²) >= 11 is 6.11. The molecule has 3 rings (SSSR count). The van der Waals surface area contributed by atoms with Crippen molar-refractivity contribution >= 4 is 33.2 Å². The number of hydrogen-bond donors (Lipinski definition) is 1. The van der Waals surface area contributed by atoms with E-state index in [0.717, 1.165) is 15.4 Å². The van der Waals surface area contributed by atoms with Crippen LogP contribution in [0.1, 0.15) is 18.1 Å². The maximum atomic E-state index is 13.6. The molecular formula is C26H29ClN2O5S. The third-order valence-corrected chi connectivity index (χ3v) is 7.35. The second-order valence-corrected chi connectivity index (χ2v) is 10.1. The van der Waals surface area contributed by atoms with Crippen molar-refractivity contribution in [3.63, 3.8) is 0 Å². The van der Waals surface area contributed by atoms with E-state index in [9.17, 15) is 13.2 Å². The first-order valence-electron chi connectivity index (χ1n) is 11.2. The Kier molecular flexibility index (Phi) is 9.01. The molecule has 186 valence electrons. The Labute approximate surface area is 211 Å². The Balaban J connectivity index is 1.76. The first kappa shape index (κ1) is 26.4. The summed E-state index contributed by atoms with van der Waals surface area (Å²) in [5.74, 6) is 0.486. The van der Waals surface area contributed by atoms with Gasteiger partial charge in [-0.2, -0.15) is 0 Å². The van der Waals surface area contributed by atoms with Crippen LogP contribution in [0.3, 0.4) is 0 Å². The number of rotatable bonds is 11. The molecule has 3 aromatic rings. The summed E-state index contributed by atoms with van der Waals surface area (Å²) in [4.78, 5) is 12.9. The summed E-state index contributed by atoms with van der Waals surface area (Å²) < 4.78 is 39.5. The average Bonchev–Trinajstić information content (AvgIpc) is 2.83. The molecule has 0 atom stereocenters. The topological polar surface area (TPSA) is 84.9 Å². The van der Waals surface area contributed by atoms with E-state index in [-0.39, 0.29) is 23.7 Å². The van der Waals surface area contributed by atoms with E-state index < -0.39 is 22.5 Å². The van der Waals surface area contributed by atoms with Gasteiger partial charge in [0.2, 0.25) is 5.91 Å². The van der Waals surface area contributed by atoms with Gasteiger partial charge in [-0.15, -0.1) is 0 Å². The first-order valence-corrected chi connectivity index (χ1v) is 13.0. The number of carbonyl (C=O) groups excluding carboxylic acids is 1. The number of sulfonamides is 1. The van der Waals surface area contributed by atoms with E-state index >= 15 is 0 Å². The van der Waals surface area contributed by atoms with Crippen molar-refractivity contribution in [3.8, 4) is 11.5 Å². The highest BCUT2D eigenvalue weighted by Gasteiger charge is 2.29. The molecule has 0 radical (unpaired) electrons. The van der Waals surface area contributed by atoms with Crippen LogP contribution < -0.4 is 19.1 Å². The van der Waals surface area contributed by atoms with Gasteiger partial charge in [-0.1, -0.05) is 47.5 Å². The predicted molar refractivity (Wildman–Crippen MR) is 138 cm³/mol. The van der Waals surface area contributed by atoms with Crippen LogP contribution in [0.2, 0.25) is 5.02 Å². The zero-order valence-electron chi connectivity index (χ0n) is 20.0. The summed E-state index contributed by atoms with van der Waals surface area (Å²) in [5, 5.41) is 3.31. The largest absolute Gasteiger partial charge is 0.492 e. The maximum Gasteiger partial charge on any atom is 0.264 e. The minimum absolute atomic E-state index is 0.0850. The fourth-order valence-electron chi connectivity index (χ4n) is 3.29. The number of benzene rings is 3. The van der Waals surface area contributed by atoms with Crippen LogP contribution in [0.5, 0.6) is 11.5 Å². The number of carbonyl (C=O) groups is 1. The molecule has 1 amide bonds. The van der Waals surface area contributed by atoms with Crippen molar-refractivity contribution in [1.82, 2.24) is 5.32 Å². The molecular weight excluding hydrogens is 488 g/mol. The maximum absolute atomic E-state index is 13.6. The number of anilines is 1. The average molecular weight is 517 g/mol. The SMILES string of the molecule is CCOc1ccccc1N(CC(=O)NCCOc1ccc(C)c(Cl)c1)S(=O)(=O)c1ccc(C)cc1. The normalized spacial score (nSPS) is 11.1. The molecule has 3 aromatic carbocycles. The highest BCUT2D eigenvalue weighted by Crippen LogP contribution is 2.32. The van der Waals surface area contributed by atoms with E-state index in [1.807, 2.05) is 26.8 Å². The van der Waals surface area contributed by atoms with Crippen molar-refractivity contribution in [1.29, 1.82) is 0 Å². The Morgan fingerprint density at radius 3 is 2.40 bits per heavy atom. The summed E-state index contributed by atoms with van der Waals surface area (Å²) in [6.07, 6.45) is 0. The van der Waals surface area contributed by atoms with Gasteiger partial charge in [-0.05, 0) is 62.7 Å². The van der Waals surface area contributed by atoms with Crippen LogP contribution in [-0.4, -0.2) is 40.6 Å². The van der Waals surface area contributed by atoms with Crippen molar-refractivity contribution in [2.24, 2.45) is 0 Å². The summed E-state index contributed by atoms with van der Waals surface area (Å²) in [7, 11) is -4.04. The lowest BCUT2D eigenvalue weighted by molar-refractivity contribution is -0.119. The molecule has 0 spiro atoms. The molecule has 0 saturated heterocycles. The van der Waals surface area contributed by atoms with Gasteiger partial charge >= 0.3 is 0 Å². The fourth-order valence-corrected chi connectivity index (χ4v) is 4.89. The predicted octanol–water partition coefficient (Wildman–Crippen LogP) is 4.75. The second kappa shape index (κ2) is 12.0. The molecule has 0 aliphatic carbocycles. The molecule has 0 aliphatic heterocycles. The van der Waals surface area contributed by atoms with Gasteiger partial charge in [0.25, 0.3) is 10.0 Å². The quantitative estimate of drug-likeness (QED) is 0.372. The van der Waals surface area contributed by atoms with Crippen molar-refractivity contribution in [2.45, 2.75) is 25.7 Å². The van der Waals surface area contributed by atoms with Gasteiger partial charge in [-0.25, -0.2) is 8.42 Å². The zero-order chi connectivity index (χ0) is 25.4. The van der Waals surface area contributed by atoms with Crippen LogP contribution in [0.25, 0.3) is 0 Å². The summed E-state index contributed by atoms with van der Waals surface area (Å²) in [5.41, 5.74) is 2.16. The Morgan fingerprint density at radius 1 is 1.00 bits per heavy atom. The zero-order valence-corrected chi connectivity index (χ0v) is 21.5. The number of para-hydroxylation sites is 2. The molecule has 0 bridgehead atoms. The molecule has 7 nitrogen and oxygen atoms in total. The van der Waals surface area contributed by atoms with Gasteiger partial charge in [0.1, 0.15) is 24.7 Å². The fraction of sp³-hybridized carbons (Fsp3) is 0.269. The van der Waals surface area contributed by atoms with E-state index in [1.54, 1.807) is 48.5 Å². The Hall–Kier alpha value is -3.23. The van der Waals surface area contributed by atoms with Gasteiger partial charge in [0, 0.05) is 5.02 Å². The molecule has 35 heavy (non-hydrogen) atoms. The summed E-state index contributed by atoms with van der Waals surface area (Å²) in [6.45, 7) is 5.90. The van der Waals surface area contributed by atoms with E-state index in [4.69, 9.17) is 21.1 Å². The standard InChI is InChI=1S/C26H29ClN2O5S/c1-4-33-25-8-6-5-7-24(25)29(35(31,32)22-13-9-19(2)10-14-22)18-26(30)28-15-16-34-21-12-11-20(3)23(27)17-21/h5-14,17H,4,15-16,18H2,1-3H3,(H,28,30). The molecule has 9 heteroatoms. The number of ether oxygens (including phenoxy) is 2. The monoisotopic (exact) mass is 516 g/mol. The molecule has 0 heterocycles. The van der Waals surface area contributed by atoms with Crippen LogP contribution in [-0.2, 0) is 14.8 Å². The lowest BCUT2D eigenvalue weighted by atomic mass is 10.2. The Morgan fingerprint density at radius 2 is 1.71 bits per heavy atom. The third-order valence-electron chi connectivity index (χ3n) is 5.17. The summed E-state index contributed by atoms with van der Waals surface area (Å²) in [6, 6.07) is 18.6. The van der Waals surface area contributed by atoms with Crippen molar-refractivity contribution in [2.75, 3.05) is 30.6 Å². The number of halogens is 1. The molecule has 0 fully saturated rings. The van der Waals surface area contributed by atoms with Crippen LogP contribution in [0, 0.1) is 13.8 Å². The number of nitrogens with zero attached hydrogens (tertiary/aromatic N) is 1. The van der Waals surface area contributed by atoms with Crippen molar-refractivity contribution < 1.29 is 22.7 Å². The number of hydrogen-bond acceptors (Lipinski definition) is 5. The van der Waals surface area contributed by atoms with Gasteiger partial charge in [0.15, 0.2) is 0 Å². The lowest BCUT2D eigenvalue weighted by Crippen LogP contribution is -2.42. The number of amides is 1.